The molecule has 0 saturated carbocycles. The number of nitriles is 1. The first-order valence-electron chi connectivity index (χ1n) is 7.26. The molecule has 0 aromatic carbocycles. The predicted octanol–water partition coefficient (Wildman–Crippen LogP) is 1.29. The molecular weight excluding hydrogens is 224 g/mol. The van der Waals surface area contributed by atoms with Crippen molar-refractivity contribution in [3.63, 3.8) is 0 Å². The van der Waals surface area contributed by atoms with Gasteiger partial charge >= 0.3 is 0 Å². The van der Waals surface area contributed by atoms with E-state index < -0.39 is 0 Å². The standard InChI is InChI=1S/C14H28N4/c1-4-16-13(11-15)8-10-17(3)12-14-7-6-9-18(14)5-2/h13-14,16H,4-10,12H2,1-3H3. The Hall–Kier alpha value is -0.630. The molecule has 1 aliphatic rings. The molecule has 0 radical (unpaired) electrons. The molecule has 4 nitrogen and oxygen atoms in total. The molecule has 1 saturated heterocycles. The van der Waals surface area contributed by atoms with Crippen molar-refractivity contribution in [2.24, 2.45) is 0 Å². The Morgan fingerprint density at radius 3 is 2.89 bits per heavy atom. The highest BCUT2D eigenvalue weighted by atomic mass is 15.2. The van der Waals surface area contributed by atoms with Crippen LogP contribution in [0.5, 0.6) is 0 Å². The van der Waals surface area contributed by atoms with Gasteiger partial charge in [0, 0.05) is 19.1 Å². The average Bonchev–Trinajstić information content (AvgIpc) is 2.81. The van der Waals surface area contributed by atoms with Gasteiger partial charge in [0.1, 0.15) is 0 Å². The second-order valence-electron chi connectivity index (χ2n) is 5.21. The van der Waals surface area contributed by atoms with Gasteiger partial charge in [-0.3, -0.25) is 4.90 Å². The summed E-state index contributed by atoms with van der Waals surface area (Å²) in [6.07, 6.45) is 3.58. The highest BCUT2D eigenvalue weighted by Gasteiger charge is 2.23. The summed E-state index contributed by atoms with van der Waals surface area (Å²) in [5.41, 5.74) is 0. The highest BCUT2D eigenvalue weighted by Crippen LogP contribution is 2.17. The van der Waals surface area contributed by atoms with E-state index in [1.807, 2.05) is 6.92 Å². The van der Waals surface area contributed by atoms with Gasteiger partial charge in [-0.1, -0.05) is 13.8 Å². The molecule has 18 heavy (non-hydrogen) atoms. The molecule has 1 fully saturated rings. The number of likely N-dealkylation sites (tertiary alicyclic amines) is 1. The van der Waals surface area contributed by atoms with Gasteiger partial charge < -0.3 is 10.2 Å². The van der Waals surface area contributed by atoms with Crippen LogP contribution in [0.2, 0.25) is 0 Å². The highest BCUT2D eigenvalue weighted by molar-refractivity contribution is 4.90. The van der Waals surface area contributed by atoms with Gasteiger partial charge in [0.15, 0.2) is 0 Å². The maximum absolute atomic E-state index is 9.00. The van der Waals surface area contributed by atoms with Crippen molar-refractivity contribution in [2.75, 3.05) is 39.8 Å². The van der Waals surface area contributed by atoms with E-state index in [2.05, 4.69) is 35.2 Å². The fourth-order valence-electron chi connectivity index (χ4n) is 2.78. The first-order valence-corrected chi connectivity index (χ1v) is 7.26. The lowest BCUT2D eigenvalue weighted by atomic mass is 10.2. The molecule has 2 unspecified atom stereocenters. The van der Waals surface area contributed by atoms with Crippen LogP contribution < -0.4 is 5.32 Å². The molecule has 0 amide bonds. The minimum atomic E-state index is 0.00306. The van der Waals surface area contributed by atoms with E-state index >= 15 is 0 Å². The fraction of sp³-hybridized carbons (Fsp3) is 0.929. The van der Waals surface area contributed by atoms with Gasteiger partial charge in [-0.2, -0.15) is 5.26 Å². The summed E-state index contributed by atoms with van der Waals surface area (Å²) in [6, 6.07) is 3.05. The summed E-state index contributed by atoms with van der Waals surface area (Å²) in [5, 5.41) is 12.2. The zero-order valence-electron chi connectivity index (χ0n) is 12.2. The lowest BCUT2D eigenvalue weighted by Crippen LogP contribution is -2.40. The minimum absolute atomic E-state index is 0.00306. The largest absolute Gasteiger partial charge is 0.305 e. The third-order valence-corrected chi connectivity index (χ3v) is 3.83. The second-order valence-corrected chi connectivity index (χ2v) is 5.21. The van der Waals surface area contributed by atoms with Crippen LogP contribution in [-0.4, -0.2) is 61.7 Å². The van der Waals surface area contributed by atoms with E-state index in [1.165, 1.54) is 19.4 Å². The number of nitrogens with one attached hydrogen (secondary N) is 1. The summed E-state index contributed by atoms with van der Waals surface area (Å²) in [4.78, 5) is 4.95. The van der Waals surface area contributed by atoms with Crippen LogP contribution in [0.25, 0.3) is 0 Å². The predicted molar refractivity (Wildman–Crippen MR) is 75.5 cm³/mol. The quantitative estimate of drug-likeness (QED) is 0.707. The molecule has 0 spiro atoms. The van der Waals surface area contributed by atoms with Gasteiger partial charge in [-0.25, -0.2) is 0 Å². The van der Waals surface area contributed by atoms with Crippen LogP contribution in [0.1, 0.15) is 33.1 Å². The van der Waals surface area contributed by atoms with Crippen molar-refractivity contribution in [3.05, 3.63) is 0 Å². The molecule has 2 atom stereocenters. The van der Waals surface area contributed by atoms with Crippen LogP contribution in [0.3, 0.4) is 0 Å². The van der Waals surface area contributed by atoms with Crippen LogP contribution >= 0.6 is 0 Å². The van der Waals surface area contributed by atoms with Crippen LogP contribution in [0.15, 0.2) is 0 Å². The summed E-state index contributed by atoms with van der Waals surface area (Å²) in [7, 11) is 2.17. The van der Waals surface area contributed by atoms with E-state index in [1.54, 1.807) is 0 Å². The Morgan fingerprint density at radius 1 is 1.50 bits per heavy atom. The van der Waals surface area contributed by atoms with E-state index in [9.17, 15) is 0 Å². The molecular formula is C14H28N4. The number of hydrogen-bond donors (Lipinski definition) is 1. The third kappa shape index (κ3) is 4.93. The number of nitrogens with zero attached hydrogens (tertiary/aromatic N) is 3. The summed E-state index contributed by atoms with van der Waals surface area (Å²) in [6.45, 7) is 9.72. The van der Waals surface area contributed by atoms with E-state index in [0.29, 0.717) is 0 Å². The molecule has 0 aliphatic carbocycles. The minimum Gasteiger partial charge on any atom is -0.305 e. The first-order chi connectivity index (χ1) is 8.71. The monoisotopic (exact) mass is 252 g/mol. The van der Waals surface area contributed by atoms with Gasteiger partial charge in [-0.05, 0) is 45.9 Å². The average molecular weight is 252 g/mol. The molecule has 0 aromatic rings. The zero-order chi connectivity index (χ0) is 13.4. The van der Waals surface area contributed by atoms with E-state index in [-0.39, 0.29) is 6.04 Å². The first kappa shape index (κ1) is 15.4. The van der Waals surface area contributed by atoms with Gasteiger partial charge in [0.25, 0.3) is 0 Å². The molecule has 4 heteroatoms. The smallest absolute Gasteiger partial charge is 0.0965 e. The summed E-state index contributed by atoms with van der Waals surface area (Å²) >= 11 is 0. The number of likely N-dealkylation sites (N-methyl/N-ethyl adjacent to an activating group) is 2. The topological polar surface area (TPSA) is 42.3 Å². The van der Waals surface area contributed by atoms with Crippen molar-refractivity contribution >= 4 is 0 Å². The third-order valence-electron chi connectivity index (χ3n) is 3.83. The van der Waals surface area contributed by atoms with Crippen molar-refractivity contribution in [1.29, 1.82) is 5.26 Å². The Bertz CT molecular complexity index is 261. The van der Waals surface area contributed by atoms with Crippen molar-refractivity contribution < 1.29 is 0 Å². The molecule has 0 aromatic heterocycles. The molecule has 0 bridgehead atoms. The van der Waals surface area contributed by atoms with Gasteiger partial charge in [0.05, 0.1) is 12.1 Å². The Balaban J connectivity index is 2.24. The Labute approximate surface area is 112 Å². The second kappa shape index (κ2) is 8.47. The SMILES string of the molecule is CCNC(C#N)CCN(C)CC1CCCN1CC. The summed E-state index contributed by atoms with van der Waals surface area (Å²) in [5.74, 6) is 0. The molecule has 1 N–H and O–H groups in total. The van der Waals surface area contributed by atoms with Crippen molar-refractivity contribution in [1.82, 2.24) is 15.1 Å². The fourth-order valence-corrected chi connectivity index (χ4v) is 2.78. The summed E-state index contributed by atoms with van der Waals surface area (Å²) < 4.78 is 0. The van der Waals surface area contributed by atoms with Crippen molar-refractivity contribution in [3.8, 4) is 6.07 Å². The van der Waals surface area contributed by atoms with Crippen LogP contribution in [-0.2, 0) is 0 Å². The Morgan fingerprint density at radius 2 is 2.28 bits per heavy atom. The zero-order valence-corrected chi connectivity index (χ0v) is 12.2. The van der Waals surface area contributed by atoms with Gasteiger partial charge in [0.2, 0.25) is 0 Å². The van der Waals surface area contributed by atoms with E-state index in [0.717, 1.165) is 38.6 Å². The Kier molecular flexibility index (Phi) is 7.26. The maximum Gasteiger partial charge on any atom is 0.0965 e. The van der Waals surface area contributed by atoms with Gasteiger partial charge in [-0.15, -0.1) is 0 Å². The lowest BCUT2D eigenvalue weighted by Gasteiger charge is -2.28. The van der Waals surface area contributed by atoms with Crippen LogP contribution in [0, 0.1) is 11.3 Å². The lowest BCUT2D eigenvalue weighted by molar-refractivity contribution is 0.196. The van der Waals surface area contributed by atoms with Crippen LogP contribution in [0.4, 0.5) is 0 Å². The number of hydrogen-bond acceptors (Lipinski definition) is 4. The normalized spacial score (nSPS) is 22.3. The maximum atomic E-state index is 9.00. The molecule has 104 valence electrons. The molecule has 1 heterocycles. The number of rotatable bonds is 8. The molecule has 1 aliphatic heterocycles. The van der Waals surface area contributed by atoms with E-state index in [4.69, 9.17) is 5.26 Å². The molecule has 1 rings (SSSR count). The van der Waals surface area contributed by atoms with Crippen molar-refractivity contribution in [2.45, 2.75) is 45.2 Å².